The van der Waals surface area contributed by atoms with E-state index in [1.165, 1.54) is 16.9 Å². The summed E-state index contributed by atoms with van der Waals surface area (Å²) in [6.07, 6.45) is 0. The largest absolute Gasteiger partial charge is 0.507 e. The maximum absolute atomic E-state index is 12.4. The average Bonchev–Trinajstić information content (AvgIpc) is 3.14. The van der Waals surface area contributed by atoms with Gasteiger partial charge in [-0.2, -0.15) is 0 Å². The molecule has 4 aromatic rings. The maximum atomic E-state index is 12.4. The Morgan fingerprint density at radius 2 is 1.93 bits per heavy atom. The van der Waals surface area contributed by atoms with Gasteiger partial charge < -0.3 is 15.4 Å². The average molecular weight is 415 g/mol. The number of hydrogen-bond acceptors (Lipinski definition) is 4. The number of aromatic amines is 1. The lowest BCUT2D eigenvalue weighted by Crippen LogP contribution is -2.14. The molecule has 1 atom stereocenters. The minimum absolute atomic E-state index is 0. The number of aryl methyl sites for hydroxylation is 1. The number of phenolic OH excluding ortho intramolecular Hbond substituents is 1. The van der Waals surface area contributed by atoms with Crippen LogP contribution in [0.25, 0.3) is 32.1 Å². The first-order valence-corrected chi connectivity index (χ1v) is 9.90. The van der Waals surface area contributed by atoms with Crippen molar-refractivity contribution < 1.29 is 5.11 Å². The van der Waals surface area contributed by atoms with Crippen LogP contribution < -0.4 is 10.9 Å². The van der Waals surface area contributed by atoms with Crippen molar-refractivity contribution >= 4 is 44.7 Å². The van der Waals surface area contributed by atoms with Gasteiger partial charge >= 0.3 is 0 Å². The quantitative estimate of drug-likeness (QED) is 0.431. The van der Waals surface area contributed by atoms with Gasteiger partial charge in [0.2, 0.25) is 0 Å². The summed E-state index contributed by atoms with van der Waals surface area (Å²) < 4.78 is 0.688. The zero-order chi connectivity index (χ0) is 19.1. The smallest absolute Gasteiger partial charge is 0.266 e. The van der Waals surface area contributed by atoms with Crippen molar-refractivity contribution in [3.05, 3.63) is 63.3 Å². The highest BCUT2D eigenvalue weighted by molar-refractivity contribution is 7.17. The van der Waals surface area contributed by atoms with Crippen molar-refractivity contribution in [3.63, 3.8) is 0 Å². The van der Waals surface area contributed by atoms with Crippen LogP contribution in [-0.2, 0) is 0 Å². The summed E-state index contributed by atoms with van der Waals surface area (Å²) in [5.41, 5.74) is 4.52. The third-order valence-corrected chi connectivity index (χ3v) is 6.07. The van der Waals surface area contributed by atoms with Crippen LogP contribution >= 0.6 is 23.7 Å². The van der Waals surface area contributed by atoms with E-state index >= 15 is 0 Å². The van der Waals surface area contributed by atoms with Crippen molar-refractivity contribution in [2.75, 3.05) is 13.6 Å². The number of fused-ring (bicyclic) bond motifs is 3. The second kappa shape index (κ2) is 7.95. The first-order valence-electron chi connectivity index (χ1n) is 9.02. The predicted molar refractivity (Wildman–Crippen MR) is 121 cm³/mol. The molecule has 146 valence electrons. The lowest BCUT2D eigenvalue weighted by atomic mass is 9.93. The third kappa shape index (κ3) is 3.30. The molecular formula is C22H23ClN2O2S. The summed E-state index contributed by atoms with van der Waals surface area (Å²) in [6.45, 7) is 5.00. The number of halogens is 1. The number of hydrogen-bond donors (Lipinski definition) is 3. The number of aromatic nitrogens is 1. The van der Waals surface area contributed by atoms with Gasteiger partial charge in [-0.25, -0.2) is 0 Å². The number of benzene rings is 2. The molecular weight excluding hydrogens is 392 g/mol. The molecule has 0 aliphatic carbocycles. The summed E-state index contributed by atoms with van der Waals surface area (Å²) in [6, 6.07) is 12.0. The molecule has 28 heavy (non-hydrogen) atoms. The van der Waals surface area contributed by atoms with Gasteiger partial charge in [-0.1, -0.05) is 31.2 Å². The van der Waals surface area contributed by atoms with Crippen molar-refractivity contribution in [2.24, 2.45) is 0 Å². The van der Waals surface area contributed by atoms with Crippen LogP contribution in [0.3, 0.4) is 0 Å². The number of H-pyrrole nitrogens is 1. The molecule has 0 bridgehead atoms. The first-order chi connectivity index (χ1) is 13.0. The Balaban J connectivity index is 0.00000225. The molecule has 2 aromatic heterocycles. The fraction of sp³-hybridized carbons (Fsp3) is 0.227. The second-order valence-corrected chi connectivity index (χ2v) is 7.95. The van der Waals surface area contributed by atoms with E-state index in [4.69, 9.17) is 0 Å². The lowest BCUT2D eigenvalue weighted by molar-refractivity contribution is 0.477. The number of nitrogens with one attached hydrogen (secondary N) is 2. The summed E-state index contributed by atoms with van der Waals surface area (Å²) in [4.78, 5) is 15.4. The standard InChI is InChI=1S/C22H22N2O2S.ClH/c1-12-10-17(25)18(15-6-4-14(5-7-15)13(2)11-23-3)19-16-8-9-27-21(16)22(26)24-20(12)19;/h4-10,13,23,25H,11H2,1-3H3,(H,24,26);1H/t13-;/m1./s1. The minimum atomic E-state index is -0.0801. The van der Waals surface area contributed by atoms with Crippen molar-refractivity contribution in [1.82, 2.24) is 10.3 Å². The molecule has 0 unspecified atom stereocenters. The topological polar surface area (TPSA) is 65.1 Å². The van der Waals surface area contributed by atoms with E-state index < -0.39 is 0 Å². The Hall–Kier alpha value is -2.34. The van der Waals surface area contributed by atoms with Crippen molar-refractivity contribution in [3.8, 4) is 16.9 Å². The van der Waals surface area contributed by atoms with Crippen LogP contribution in [0.4, 0.5) is 0 Å². The highest BCUT2D eigenvalue weighted by Gasteiger charge is 2.17. The Bertz CT molecular complexity index is 1200. The molecule has 6 heteroatoms. The van der Waals surface area contributed by atoms with Crippen LogP contribution in [0.1, 0.15) is 24.0 Å². The van der Waals surface area contributed by atoms with E-state index in [0.29, 0.717) is 10.6 Å². The number of aromatic hydroxyl groups is 1. The van der Waals surface area contributed by atoms with Crippen LogP contribution in [0.5, 0.6) is 5.75 Å². The second-order valence-electron chi connectivity index (χ2n) is 7.04. The molecule has 0 saturated heterocycles. The van der Waals surface area contributed by atoms with Gasteiger partial charge in [-0.15, -0.1) is 23.7 Å². The molecule has 4 rings (SSSR count). The SMILES string of the molecule is CNC[C@@H](C)c1ccc(-c2c(O)cc(C)c3[nH]c(=O)c4sccc4c23)cc1.Cl. The molecule has 2 heterocycles. The monoisotopic (exact) mass is 414 g/mol. The van der Waals surface area contributed by atoms with E-state index in [0.717, 1.165) is 39.5 Å². The number of pyridine rings is 1. The zero-order valence-corrected chi connectivity index (χ0v) is 17.6. The molecule has 0 spiro atoms. The number of likely N-dealkylation sites (N-methyl/N-ethyl adjacent to an activating group) is 1. The van der Waals surface area contributed by atoms with Crippen LogP contribution in [0.15, 0.2) is 46.6 Å². The molecule has 0 radical (unpaired) electrons. The zero-order valence-electron chi connectivity index (χ0n) is 16.0. The van der Waals surface area contributed by atoms with Gasteiger partial charge in [0, 0.05) is 22.9 Å². The summed E-state index contributed by atoms with van der Waals surface area (Å²) in [7, 11) is 1.95. The highest BCUT2D eigenvalue weighted by atomic mass is 35.5. The van der Waals surface area contributed by atoms with Crippen molar-refractivity contribution in [1.29, 1.82) is 0 Å². The summed E-state index contributed by atoms with van der Waals surface area (Å²) in [5, 5.41) is 17.7. The molecule has 0 saturated carbocycles. The van der Waals surface area contributed by atoms with Gasteiger partial charge in [-0.3, -0.25) is 4.79 Å². The third-order valence-electron chi connectivity index (χ3n) is 5.16. The highest BCUT2D eigenvalue weighted by Crippen LogP contribution is 2.41. The van der Waals surface area contributed by atoms with Crippen LogP contribution in [0.2, 0.25) is 0 Å². The fourth-order valence-corrected chi connectivity index (χ4v) is 4.57. The molecule has 4 nitrogen and oxygen atoms in total. The molecule has 0 aliphatic rings. The number of thiophene rings is 1. The Morgan fingerprint density at radius 1 is 1.21 bits per heavy atom. The molecule has 3 N–H and O–H groups in total. The maximum Gasteiger partial charge on any atom is 0.266 e. The Kier molecular flexibility index (Phi) is 5.79. The summed E-state index contributed by atoms with van der Waals surface area (Å²) >= 11 is 1.42. The summed E-state index contributed by atoms with van der Waals surface area (Å²) in [5.74, 6) is 0.642. The molecule has 0 amide bonds. The van der Waals surface area contributed by atoms with E-state index in [-0.39, 0.29) is 23.7 Å². The van der Waals surface area contributed by atoms with Gasteiger partial charge in [0.05, 0.1) is 5.52 Å². The predicted octanol–water partition coefficient (Wildman–Crippen LogP) is 5.17. The van der Waals surface area contributed by atoms with Gasteiger partial charge in [-0.05, 0) is 54.1 Å². The van der Waals surface area contributed by atoms with E-state index in [1.54, 1.807) is 6.07 Å². The van der Waals surface area contributed by atoms with Gasteiger partial charge in [0.25, 0.3) is 5.56 Å². The van der Waals surface area contributed by atoms with E-state index in [2.05, 4.69) is 41.5 Å². The van der Waals surface area contributed by atoms with Crippen LogP contribution in [0, 0.1) is 6.92 Å². The normalized spacial score (nSPS) is 12.2. The molecule has 0 aliphatic heterocycles. The molecule has 2 aromatic carbocycles. The van der Waals surface area contributed by atoms with E-state index in [9.17, 15) is 9.90 Å². The first kappa shape index (κ1) is 20.4. The minimum Gasteiger partial charge on any atom is -0.507 e. The van der Waals surface area contributed by atoms with Crippen molar-refractivity contribution in [2.45, 2.75) is 19.8 Å². The number of rotatable bonds is 4. The van der Waals surface area contributed by atoms with Crippen LogP contribution in [-0.4, -0.2) is 23.7 Å². The number of phenols is 1. The van der Waals surface area contributed by atoms with E-state index in [1.807, 2.05) is 25.4 Å². The Morgan fingerprint density at radius 3 is 2.61 bits per heavy atom. The Labute approximate surface area is 173 Å². The van der Waals surface area contributed by atoms with Gasteiger partial charge in [0.1, 0.15) is 10.4 Å². The molecule has 0 fully saturated rings. The van der Waals surface area contributed by atoms with Gasteiger partial charge in [0.15, 0.2) is 0 Å². The lowest BCUT2D eigenvalue weighted by Gasteiger charge is -2.15. The fourth-order valence-electron chi connectivity index (χ4n) is 3.78.